The molecular weight excluding hydrogens is 427 g/mol. The first-order valence-electron chi connectivity index (χ1n) is 12.1. The molecule has 5 heteroatoms. The molecule has 0 spiro atoms. The van der Waals surface area contributed by atoms with Crippen LogP contribution >= 0.6 is 0 Å². The second-order valence-corrected chi connectivity index (χ2v) is 9.73. The van der Waals surface area contributed by atoms with Gasteiger partial charge in [-0.1, -0.05) is 60.7 Å². The van der Waals surface area contributed by atoms with Crippen molar-refractivity contribution in [3.8, 4) is 5.75 Å². The topological polar surface area (TPSA) is 55.6 Å². The highest BCUT2D eigenvalue weighted by Gasteiger charge is 2.41. The van der Waals surface area contributed by atoms with Crippen LogP contribution in [-0.4, -0.2) is 24.1 Å². The molecule has 4 nitrogen and oxygen atoms in total. The van der Waals surface area contributed by atoms with Gasteiger partial charge in [-0.25, -0.2) is 9.18 Å². The highest BCUT2D eigenvalue weighted by Crippen LogP contribution is 2.45. The van der Waals surface area contributed by atoms with Crippen molar-refractivity contribution in [3.05, 3.63) is 101 Å². The van der Waals surface area contributed by atoms with Crippen molar-refractivity contribution in [3.63, 3.8) is 0 Å². The fourth-order valence-electron chi connectivity index (χ4n) is 6.03. The number of fused-ring (bicyclic) bond motifs is 2. The lowest BCUT2D eigenvalue weighted by Crippen LogP contribution is -2.42. The Balaban J connectivity index is 1.37. The maximum absolute atomic E-state index is 14.5. The quantitative estimate of drug-likeness (QED) is 0.503. The van der Waals surface area contributed by atoms with Crippen LogP contribution in [0.1, 0.15) is 35.1 Å². The lowest BCUT2D eigenvalue weighted by atomic mass is 9.79. The first-order chi connectivity index (χ1) is 16.6. The minimum Gasteiger partial charge on any atom is -0.410 e. The number of likely N-dealkylation sites (tertiary alicyclic amines) is 1. The Kier molecular flexibility index (Phi) is 6.63. The Labute approximate surface area is 200 Å². The van der Waals surface area contributed by atoms with Gasteiger partial charge in [0, 0.05) is 31.6 Å². The van der Waals surface area contributed by atoms with Crippen LogP contribution in [0.4, 0.5) is 9.18 Å². The van der Waals surface area contributed by atoms with Gasteiger partial charge < -0.3 is 10.5 Å². The molecule has 2 unspecified atom stereocenters. The molecule has 1 aliphatic carbocycles. The molecule has 1 saturated carbocycles. The normalized spacial score (nSPS) is 22.0. The molecule has 3 aromatic rings. The maximum atomic E-state index is 14.5. The lowest BCUT2D eigenvalue weighted by Gasteiger charge is -2.38. The average molecular weight is 459 g/mol. The molecule has 0 radical (unpaired) electrons. The van der Waals surface area contributed by atoms with Crippen LogP contribution < -0.4 is 10.5 Å². The number of piperidine rings is 1. The van der Waals surface area contributed by atoms with Crippen LogP contribution in [-0.2, 0) is 19.4 Å². The summed E-state index contributed by atoms with van der Waals surface area (Å²) in [5.74, 6) is 2.04. The van der Waals surface area contributed by atoms with E-state index in [1.165, 1.54) is 24.5 Å². The molecule has 2 fully saturated rings. The number of rotatable bonds is 7. The van der Waals surface area contributed by atoms with Gasteiger partial charge >= 0.3 is 6.09 Å². The minimum absolute atomic E-state index is 0.253. The van der Waals surface area contributed by atoms with Crippen LogP contribution in [0.3, 0.4) is 0 Å². The molecule has 176 valence electrons. The minimum atomic E-state index is -0.846. The lowest BCUT2D eigenvalue weighted by molar-refractivity contribution is 0.103. The Bertz CT molecular complexity index is 1140. The van der Waals surface area contributed by atoms with Gasteiger partial charge in [-0.3, -0.25) is 4.90 Å². The summed E-state index contributed by atoms with van der Waals surface area (Å²) < 4.78 is 19.8. The van der Waals surface area contributed by atoms with Crippen LogP contribution in [0.5, 0.6) is 5.75 Å². The molecule has 2 bridgehead atoms. The summed E-state index contributed by atoms with van der Waals surface area (Å²) in [6.07, 6.45) is 2.94. The first-order valence-corrected chi connectivity index (χ1v) is 12.1. The van der Waals surface area contributed by atoms with Gasteiger partial charge in [-0.05, 0) is 65.8 Å². The number of carbonyl (C=O) groups is 1. The fourth-order valence-corrected chi connectivity index (χ4v) is 6.03. The largest absolute Gasteiger partial charge is 0.410 e. The number of hydrogen-bond acceptors (Lipinski definition) is 3. The third kappa shape index (κ3) is 5.00. The molecule has 5 rings (SSSR count). The molecule has 1 amide bonds. The molecule has 1 saturated heterocycles. The van der Waals surface area contributed by atoms with E-state index in [4.69, 9.17) is 10.5 Å². The number of amides is 1. The summed E-state index contributed by atoms with van der Waals surface area (Å²) >= 11 is 0. The van der Waals surface area contributed by atoms with Crippen molar-refractivity contribution in [2.45, 2.75) is 32.2 Å². The van der Waals surface area contributed by atoms with Gasteiger partial charge in [-0.2, -0.15) is 0 Å². The van der Waals surface area contributed by atoms with E-state index in [1.54, 1.807) is 18.2 Å². The van der Waals surface area contributed by atoms with Crippen molar-refractivity contribution in [1.82, 2.24) is 4.90 Å². The molecule has 2 atom stereocenters. The van der Waals surface area contributed by atoms with E-state index in [0.29, 0.717) is 35.5 Å². The predicted octanol–water partition coefficient (Wildman–Crippen LogP) is 5.57. The molecule has 0 aromatic heterocycles. The number of halogens is 1. The highest BCUT2D eigenvalue weighted by molar-refractivity contribution is 5.69. The standard InChI is InChI=1S/C29H31FN2O2/c30-27-11-5-4-9-22(27)16-26-21(10-6-12-28(26)34-29(31)33)15-25-23-13-14-24(25)19-32(18-23)17-20-7-2-1-3-8-20/h1-12,23-25H,13-19H2,(H2,31,33). The Hall–Kier alpha value is -3.18. The van der Waals surface area contributed by atoms with Gasteiger partial charge in [0.1, 0.15) is 11.6 Å². The van der Waals surface area contributed by atoms with Crippen LogP contribution in [0.15, 0.2) is 72.8 Å². The molecule has 2 aliphatic rings. The van der Waals surface area contributed by atoms with Crippen molar-refractivity contribution in [2.24, 2.45) is 23.5 Å². The number of benzene rings is 3. The van der Waals surface area contributed by atoms with Crippen molar-refractivity contribution in [2.75, 3.05) is 13.1 Å². The summed E-state index contributed by atoms with van der Waals surface area (Å²) in [6.45, 7) is 3.22. The Morgan fingerprint density at radius 2 is 1.59 bits per heavy atom. The van der Waals surface area contributed by atoms with E-state index in [0.717, 1.165) is 37.2 Å². The molecule has 34 heavy (non-hydrogen) atoms. The summed E-state index contributed by atoms with van der Waals surface area (Å²) in [5, 5.41) is 0. The van der Waals surface area contributed by atoms with Crippen LogP contribution in [0, 0.1) is 23.6 Å². The van der Waals surface area contributed by atoms with Crippen molar-refractivity contribution >= 4 is 6.09 Å². The highest BCUT2D eigenvalue weighted by atomic mass is 19.1. The Morgan fingerprint density at radius 3 is 2.29 bits per heavy atom. The number of primary amides is 1. The fraction of sp³-hybridized carbons (Fsp3) is 0.345. The summed E-state index contributed by atoms with van der Waals surface area (Å²) in [4.78, 5) is 14.2. The van der Waals surface area contributed by atoms with Crippen LogP contribution in [0.25, 0.3) is 0 Å². The monoisotopic (exact) mass is 458 g/mol. The molecule has 3 aromatic carbocycles. The third-order valence-corrected chi connectivity index (χ3v) is 7.57. The van der Waals surface area contributed by atoms with Crippen molar-refractivity contribution in [1.29, 1.82) is 0 Å². The molecular formula is C29H31FN2O2. The van der Waals surface area contributed by atoms with E-state index >= 15 is 0 Å². The van der Waals surface area contributed by atoms with Crippen LogP contribution in [0.2, 0.25) is 0 Å². The van der Waals surface area contributed by atoms with Gasteiger partial charge in [0.25, 0.3) is 0 Å². The summed E-state index contributed by atoms with van der Waals surface area (Å²) in [5.41, 5.74) is 9.28. The Morgan fingerprint density at radius 1 is 0.912 bits per heavy atom. The van der Waals surface area contributed by atoms with E-state index in [2.05, 4.69) is 41.3 Å². The molecule has 1 aliphatic heterocycles. The summed E-state index contributed by atoms with van der Waals surface area (Å²) in [7, 11) is 0. The van der Waals surface area contributed by atoms with Gasteiger partial charge in [-0.15, -0.1) is 0 Å². The van der Waals surface area contributed by atoms with E-state index in [9.17, 15) is 9.18 Å². The van der Waals surface area contributed by atoms with Gasteiger partial charge in [0.2, 0.25) is 0 Å². The molecule has 1 heterocycles. The number of hydrogen-bond donors (Lipinski definition) is 1. The van der Waals surface area contributed by atoms with Gasteiger partial charge in [0.15, 0.2) is 0 Å². The SMILES string of the molecule is NC(=O)Oc1cccc(CC2C3CCC2CN(Cc2ccccc2)C3)c1Cc1ccccc1F. The second kappa shape index (κ2) is 9.98. The van der Waals surface area contributed by atoms with E-state index in [1.807, 2.05) is 12.1 Å². The number of carbonyl (C=O) groups excluding carboxylic acids is 1. The number of nitrogens with two attached hydrogens (primary N) is 1. The number of nitrogens with zero attached hydrogens (tertiary/aromatic N) is 1. The van der Waals surface area contributed by atoms with E-state index < -0.39 is 6.09 Å². The average Bonchev–Trinajstić information content (AvgIpc) is 3.05. The second-order valence-electron chi connectivity index (χ2n) is 9.73. The zero-order valence-electron chi connectivity index (χ0n) is 19.3. The first kappa shape index (κ1) is 22.6. The molecule has 2 N–H and O–H groups in total. The van der Waals surface area contributed by atoms with Crippen molar-refractivity contribution < 1.29 is 13.9 Å². The number of ether oxygens (including phenoxy) is 1. The zero-order chi connectivity index (χ0) is 23.5. The third-order valence-electron chi connectivity index (χ3n) is 7.57. The summed E-state index contributed by atoms with van der Waals surface area (Å²) in [6, 6.07) is 23.2. The predicted molar refractivity (Wildman–Crippen MR) is 131 cm³/mol. The van der Waals surface area contributed by atoms with Gasteiger partial charge in [0.05, 0.1) is 0 Å². The zero-order valence-corrected chi connectivity index (χ0v) is 19.3. The maximum Gasteiger partial charge on any atom is 0.409 e. The smallest absolute Gasteiger partial charge is 0.409 e. The van der Waals surface area contributed by atoms with E-state index in [-0.39, 0.29) is 5.82 Å².